The highest BCUT2D eigenvalue weighted by Crippen LogP contribution is 2.39. The van der Waals surface area contributed by atoms with Crippen molar-refractivity contribution in [3.05, 3.63) is 39.9 Å². The third-order valence-corrected chi connectivity index (χ3v) is 4.11. The van der Waals surface area contributed by atoms with E-state index in [-0.39, 0.29) is 16.7 Å². The Balaban J connectivity index is 2.33. The Morgan fingerprint density at radius 3 is 2.85 bits per heavy atom. The molecule has 2 rings (SSSR count). The van der Waals surface area contributed by atoms with Crippen LogP contribution in [0.1, 0.15) is 31.9 Å². The van der Waals surface area contributed by atoms with Crippen LogP contribution in [-0.2, 0) is 0 Å². The maximum absolute atomic E-state index is 11.0. The first-order valence-electron chi connectivity index (χ1n) is 7.19. The van der Waals surface area contributed by atoms with Crippen molar-refractivity contribution in [2.24, 2.45) is 5.92 Å². The molecule has 0 aliphatic carbocycles. The molecule has 1 aliphatic rings. The Hall–Kier alpha value is -1.46. The van der Waals surface area contributed by atoms with E-state index in [1.165, 1.54) is 0 Å². The molecule has 0 saturated carbocycles. The van der Waals surface area contributed by atoms with Gasteiger partial charge < -0.3 is 5.32 Å². The van der Waals surface area contributed by atoms with E-state index in [4.69, 9.17) is 0 Å². The van der Waals surface area contributed by atoms with Crippen LogP contribution in [0.3, 0.4) is 0 Å². The molecule has 5 nitrogen and oxygen atoms in total. The highest BCUT2D eigenvalue weighted by atomic mass is 16.6. The predicted molar refractivity (Wildman–Crippen MR) is 79.7 cm³/mol. The molecule has 1 fully saturated rings. The van der Waals surface area contributed by atoms with Crippen molar-refractivity contribution in [1.82, 2.24) is 10.2 Å². The summed E-state index contributed by atoms with van der Waals surface area (Å²) in [7, 11) is 1.96. The molecule has 2 atom stereocenters. The molecule has 5 heteroatoms. The molecule has 1 aromatic carbocycles. The molecule has 1 aliphatic heterocycles. The Morgan fingerprint density at radius 2 is 2.25 bits per heavy atom. The number of nitro benzene ring substituents is 1. The molecular formula is C15H23N3O2. The Bertz CT molecular complexity index is 476. The second-order valence-corrected chi connectivity index (χ2v) is 5.73. The number of rotatable bonds is 5. The zero-order valence-corrected chi connectivity index (χ0v) is 12.4. The van der Waals surface area contributed by atoms with Gasteiger partial charge in [-0.2, -0.15) is 0 Å². The number of nitrogens with zero attached hydrogens (tertiary/aromatic N) is 2. The van der Waals surface area contributed by atoms with Crippen molar-refractivity contribution in [3.8, 4) is 0 Å². The lowest BCUT2D eigenvalue weighted by molar-refractivity contribution is -0.385. The number of likely N-dealkylation sites (tertiary alicyclic amines) is 1. The molecule has 20 heavy (non-hydrogen) atoms. The Kier molecular flexibility index (Phi) is 4.73. The van der Waals surface area contributed by atoms with E-state index in [0.29, 0.717) is 12.0 Å². The first-order chi connectivity index (χ1) is 9.54. The topological polar surface area (TPSA) is 58.4 Å². The van der Waals surface area contributed by atoms with Gasteiger partial charge in [0.1, 0.15) is 0 Å². The van der Waals surface area contributed by atoms with E-state index >= 15 is 0 Å². The summed E-state index contributed by atoms with van der Waals surface area (Å²) in [5, 5.41) is 14.2. The number of non-ortho nitro benzene ring substituents is 1. The zero-order chi connectivity index (χ0) is 14.7. The van der Waals surface area contributed by atoms with Gasteiger partial charge >= 0.3 is 0 Å². The molecule has 0 radical (unpaired) electrons. The lowest BCUT2D eigenvalue weighted by Crippen LogP contribution is -2.33. The smallest absolute Gasteiger partial charge is 0.269 e. The number of benzene rings is 1. The highest BCUT2D eigenvalue weighted by Gasteiger charge is 2.36. The average molecular weight is 277 g/mol. The second kappa shape index (κ2) is 6.33. The van der Waals surface area contributed by atoms with Crippen LogP contribution < -0.4 is 5.32 Å². The Labute approximate surface area is 120 Å². The van der Waals surface area contributed by atoms with Gasteiger partial charge in [0, 0.05) is 24.2 Å². The fraction of sp³-hybridized carbons (Fsp3) is 0.600. The van der Waals surface area contributed by atoms with Crippen LogP contribution in [0.25, 0.3) is 0 Å². The fourth-order valence-corrected chi connectivity index (χ4v) is 3.22. The van der Waals surface area contributed by atoms with E-state index in [1.54, 1.807) is 18.2 Å². The third kappa shape index (κ3) is 2.99. The van der Waals surface area contributed by atoms with E-state index < -0.39 is 0 Å². The first-order valence-corrected chi connectivity index (χ1v) is 7.19. The molecule has 2 unspecified atom stereocenters. The summed E-state index contributed by atoms with van der Waals surface area (Å²) in [6, 6.07) is 7.81. The summed E-state index contributed by atoms with van der Waals surface area (Å²) in [6.45, 7) is 6.37. The lowest BCUT2D eigenvalue weighted by atomic mass is 9.93. The third-order valence-electron chi connectivity index (χ3n) is 4.11. The summed E-state index contributed by atoms with van der Waals surface area (Å²) in [5.41, 5.74) is 1.24. The van der Waals surface area contributed by atoms with Crippen LogP contribution in [0, 0.1) is 16.0 Å². The fourth-order valence-electron chi connectivity index (χ4n) is 3.22. The average Bonchev–Trinajstić information content (AvgIpc) is 2.83. The minimum atomic E-state index is -0.314. The molecular weight excluding hydrogens is 254 g/mol. The summed E-state index contributed by atoms with van der Waals surface area (Å²) in [4.78, 5) is 13.1. The van der Waals surface area contributed by atoms with Gasteiger partial charge in [0.2, 0.25) is 0 Å². The monoisotopic (exact) mass is 277 g/mol. The van der Waals surface area contributed by atoms with Gasteiger partial charge in [-0.1, -0.05) is 12.1 Å². The maximum atomic E-state index is 11.0. The molecule has 1 N–H and O–H groups in total. The van der Waals surface area contributed by atoms with E-state index in [0.717, 1.165) is 25.1 Å². The number of nitrogens with one attached hydrogen (secondary N) is 1. The van der Waals surface area contributed by atoms with E-state index in [2.05, 4.69) is 24.1 Å². The minimum absolute atomic E-state index is 0.182. The van der Waals surface area contributed by atoms with Gasteiger partial charge in [-0.15, -0.1) is 0 Å². The number of nitro groups is 1. The van der Waals surface area contributed by atoms with Crippen LogP contribution in [0.2, 0.25) is 0 Å². The summed E-state index contributed by atoms with van der Waals surface area (Å²) in [6.07, 6.45) is 1.13. The molecule has 0 aromatic heterocycles. The van der Waals surface area contributed by atoms with E-state index in [9.17, 15) is 10.1 Å². The van der Waals surface area contributed by atoms with Gasteiger partial charge in [0.05, 0.1) is 4.92 Å². The van der Waals surface area contributed by atoms with Crippen molar-refractivity contribution in [2.45, 2.75) is 32.4 Å². The van der Waals surface area contributed by atoms with Crippen molar-refractivity contribution in [1.29, 1.82) is 0 Å². The standard InChI is InChI=1S/C15H23N3O2/c1-11(2)17-8-7-13(10-16-3)15(17)12-5-4-6-14(9-12)18(19)20/h4-6,9,11,13,15-16H,7-8,10H2,1-3H3. The quantitative estimate of drug-likeness (QED) is 0.664. The normalized spacial score (nSPS) is 23.4. The first kappa shape index (κ1) is 14.9. The molecule has 0 amide bonds. The number of hydrogen-bond donors (Lipinski definition) is 1. The molecule has 0 bridgehead atoms. The maximum Gasteiger partial charge on any atom is 0.269 e. The van der Waals surface area contributed by atoms with Crippen LogP contribution >= 0.6 is 0 Å². The molecule has 1 saturated heterocycles. The van der Waals surface area contributed by atoms with Gasteiger partial charge in [0.25, 0.3) is 5.69 Å². The van der Waals surface area contributed by atoms with Crippen LogP contribution in [0.4, 0.5) is 5.69 Å². The van der Waals surface area contributed by atoms with Gasteiger partial charge in [-0.25, -0.2) is 0 Å². The summed E-state index contributed by atoms with van der Waals surface area (Å²) in [5.74, 6) is 0.504. The summed E-state index contributed by atoms with van der Waals surface area (Å²) >= 11 is 0. The van der Waals surface area contributed by atoms with Crippen LogP contribution in [0.5, 0.6) is 0 Å². The summed E-state index contributed by atoms with van der Waals surface area (Å²) < 4.78 is 0. The predicted octanol–water partition coefficient (Wildman–Crippen LogP) is 2.59. The van der Waals surface area contributed by atoms with Gasteiger partial charge in [-0.05, 0) is 51.9 Å². The second-order valence-electron chi connectivity index (χ2n) is 5.73. The largest absolute Gasteiger partial charge is 0.319 e. The van der Waals surface area contributed by atoms with Crippen molar-refractivity contribution in [2.75, 3.05) is 20.1 Å². The molecule has 110 valence electrons. The number of hydrogen-bond acceptors (Lipinski definition) is 4. The van der Waals surface area contributed by atoms with Crippen molar-refractivity contribution >= 4 is 5.69 Å². The SMILES string of the molecule is CNCC1CCN(C(C)C)C1c1cccc([N+](=O)[O-])c1. The minimum Gasteiger partial charge on any atom is -0.319 e. The van der Waals surface area contributed by atoms with Crippen molar-refractivity contribution in [3.63, 3.8) is 0 Å². The van der Waals surface area contributed by atoms with Crippen molar-refractivity contribution < 1.29 is 4.92 Å². The lowest BCUT2D eigenvalue weighted by Gasteiger charge is -2.31. The molecule has 1 aromatic rings. The molecule has 1 heterocycles. The van der Waals surface area contributed by atoms with Crippen LogP contribution in [-0.4, -0.2) is 36.0 Å². The zero-order valence-electron chi connectivity index (χ0n) is 12.4. The molecule has 0 spiro atoms. The Morgan fingerprint density at radius 1 is 1.50 bits per heavy atom. The van der Waals surface area contributed by atoms with Gasteiger partial charge in [0.15, 0.2) is 0 Å². The van der Waals surface area contributed by atoms with Crippen LogP contribution in [0.15, 0.2) is 24.3 Å². The van der Waals surface area contributed by atoms with E-state index in [1.807, 2.05) is 13.1 Å². The van der Waals surface area contributed by atoms with Gasteiger partial charge in [-0.3, -0.25) is 15.0 Å². The highest BCUT2D eigenvalue weighted by molar-refractivity contribution is 5.36.